The summed E-state index contributed by atoms with van der Waals surface area (Å²) in [6.07, 6.45) is 4.76. The number of aromatic nitrogens is 2. The molecule has 1 N–H and O–H groups in total. The maximum absolute atomic E-state index is 4.42. The summed E-state index contributed by atoms with van der Waals surface area (Å²) in [5, 5.41) is 3.22. The smallest absolute Gasteiger partial charge is 0.144 e. The van der Waals surface area contributed by atoms with E-state index in [1.54, 1.807) is 0 Å². The van der Waals surface area contributed by atoms with E-state index in [0.29, 0.717) is 0 Å². The molecule has 0 aliphatic heterocycles. The Morgan fingerprint density at radius 1 is 1.11 bits per heavy atom. The van der Waals surface area contributed by atoms with Crippen molar-refractivity contribution in [1.82, 2.24) is 19.8 Å². The van der Waals surface area contributed by atoms with Gasteiger partial charge in [0, 0.05) is 26.2 Å². The van der Waals surface area contributed by atoms with Crippen molar-refractivity contribution < 1.29 is 0 Å². The van der Waals surface area contributed by atoms with Gasteiger partial charge < -0.3 is 10.2 Å². The van der Waals surface area contributed by atoms with Crippen molar-refractivity contribution in [3.05, 3.63) is 18.1 Å². The van der Waals surface area contributed by atoms with Crippen molar-refractivity contribution >= 4 is 5.82 Å². The van der Waals surface area contributed by atoms with Crippen LogP contribution in [0.25, 0.3) is 0 Å². The maximum atomic E-state index is 4.42. The van der Waals surface area contributed by atoms with Gasteiger partial charge in [-0.2, -0.15) is 0 Å². The Kier molecular flexibility index (Phi) is 6.60. The lowest BCUT2D eigenvalue weighted by Crippen LogP contribution is -2.28. The van der Waals surface area contributed by atoms with E-state index >= 15 is 0 Å². The zero-order chi connectivity index (χ0) is 13.4. The van der Waals surface area contributed by atoms with Crippen LogP contribution in [0.4, 0.5) is 5.82 Å². The van der Waals surface area contributed by atoms with Gasteiger partial charge in [-0.1, -0.05) is 6.92 Å². The summed E-state index contributed by atoms with van der Waals surface area (Å²) < 4.78 is 0. The van der Waals surface area contributed by atoms with Crippen LogP contribution in [0.15, 0.2) is 12.4 Å². The number of rotatable bonds is 8. The Morgan fingerprint density at radius 2 is 1.89 bits per heavy atom. The third kappa shape index (κ3) is 5.93. The molecular formula is C13H25N5. The standard InChI is InChI=1S/C13H25N5/c1-5-6-14-13-10-15-12(9-16-13)11-18(4)8-7-17(2)3/h9-10H,5-8,11H2,1-4H3,(H,14,16). The molecule has 1 aromatic heterocycles. The summed E-state index contributed by atoms with van der Waals surface area (Å²) in [6.45, 7) is 6.00. The van der Waals surface area contributed by atoms with Crippen LogP contribution >= 0.6 is 0 Å². The first-order chi connectivity index (χ1) is 8.61. The molecule has 1 rings (SSSR count). The second-order valence-electron chi connectivity index (χ2n) is 4.86. The average Bonchev–Trinajstić information content (AvgIpc) is 2.35. The van der Waals surface area contributed by atoms with Gasteiger partial charge in [0.15, 0.2) is 0 Å². The predicted molar refractivity (Wildman–Crippen MR) is 75.7 cm³/mol. The highest BCUT2D eigenvalue weighted by Gasteiger charge is 2.03. The Bertz CT molecular complexity index is 323. The minimum atomic E-state index is 0.842. The minimum absolute atomic E-state index is 0.842. The molecule has 0 atom stereocenters. The first-order valence-electron chi connectivity index (χ1n) is 6.50. The van der Waals surface area contributed by atoms with Crippen molar-refractivity contribution in [3.8, 4) is 0 Å². The summed E-state index contributed by atoms with van der Waals surface area (Å²) in [5.41, 5.74) is 1.01. The van der Waals surface area contributed by atoms with Crippen molar-refractivity contribution in [2.45, 2.75) is 19.9 Å². The number of hydrogen-bond donors (Lipinski definition) is 1. The fraction of sp³-hybridized carbons (Fsp3) is 0.692. The molecule has 0 saturated carbocycles. The lowest BCUT2D eigenvalue weighted by Gasteiger charge is -2.18. The van der Waals surface area contributed by atoms with Crippen LogP contribution in [0, 0.1) is 0 Å². The van der Waals surface area contributed by atoms with Gasteiger partial charge in [0.1, 0.15) is 5.82 Å². The van der Waals surface area contributed by atoms with Gasteiger partial charge in [-0.25, -0.2) is 4.98 Å². The molecular weight excluding hydrogens is 226 g/mol. The van der Waals surface area contributed by atoms with E-state index < -0.39 is 0 Å². The molecule has 0 saturated heterocycles. The average molecular weight is 251 g/mol. The zero-order valence-corrected chi connectivity index (χ0v) is 12.0. The molecule has 5 heteroatoms. The molecule has 18 heavy (non-hydrogen) atoms. The molecule has 0 amide bonds. The van der Waals surface area contributed by atoms with Gasteiger partial charge in [-0.05, 0) is 27.6 Å². The van der Waals surface area contributed by atoms with Crippen LogP contribution in [0.1, 0.15) is 19.0 Å². The first kappa shape index (κ1) is 14.9. The highest BCUT2D eigenvalue weighted by Crippen LogP contribution is 2.03. The van der Waals surface area contributed by atoms with Crippen LogP contribution in [0.3, 0.4) is 0 Å². The number of nitrogens with zero attached hydrogens (tertiary/aromatic N) is 4. The summed E-state index contributed by atoms with van der Waals surface area (Å²) in [4.78, 5) is 13.2. The van der Waals surface area contributed by atoms with E-state index in [4.69, 9.17) is 0 Å². The Balaban J connectivity index is 2.38. The van der Waals surface area contributed by atoms with Crippen molar-refractivity contribution in [2.24, 2.45) is 0 Å². The Labute approximate surface area is 110 Å². The van der Waals surface area contributed by atoms with Crippen molar-refractivity contribution in [1.29, 1.82) is 0 Å². The summed E-state index contributed by atoms with van der Waals surface area (Å²) in [6, 6.07) is 0. The molecule has 1 aromatic rings. The number of anilines is 1. The van der Waals surface area contributed by atoms with E-state index in [-0.39, 0.29) is 0 Å². The van der Waals surface area contributed by atoms with Crippen molar-refractivity contribution in [2.75, 3.05) is 46.1 Å². The normalized spacial score (nSPS) is 11.2. The zero-order valence-electron chi connectivity index (χ0n) is 12.0. The number of nitrogens with one attached hydrogen (secondary N) is 1. The molecule has 0 aliphatic rings. The monoisotopic (exact) mass is 251 g/mol. The minimum Gasteiger partial charge on any atom is -0.369 e. The Morgan fingerprint density at radius 3 is 2.44 bits per heavy atom. The van der Waals surface area contributed by atoms with E-state index in [0.717, 1.165) is 44.1 Å². The highest BCUT2D eigenvalue weighted by atomic mass is 15.2. The SMILES string of the molecule is CCCNc1cnc(CN(C)CCN(C)C)cn1. The molecule has 0 unspecified atom stereocenters. The predicted octanol–water partition coefficient (Wildman–Crippen LogP) is 1.29. The summed E-state index contributed by atoms with van der Waals surface area (Å²) in [5.74, 6) is 0.858. The Hall–Kier alpha value is -1.20. The highest BCUT2D eigenvalue weighted by molar-refractivity contribution is 5.30. The van der Waals surface area contributed by atoms with E-state index in [1.165, 1.54) is 0 Å². The van der Waals surface area contributed by atoms with Crippen LogP contribution in [0.5, 0.6) is 0 Å². The summed E-state index contributed by atoms with van der Waals surface area (Å²) >= 11 is 0. The van der Waals surface area contributed by atoms with Gasteiger partial charge in [-0.3, -0.25) is 9.88 Å². The third-order valence-electron chi connectivity index (χ3n) is 2.62. The van der Waals surface area contributed by atoms with Gasteiger partial charge in [-0.15, -0.1) is 0 Å². The van der Waals surface area contributed by atoms with Crippen LogP contribution in [-0.4, -0.2) is 60.5 Å². The van der Waals surface area contributed by atoms with Gasteiger partial charge >= 0.3 is 0 Å². The van der Waals surface area contributed by atoms with Gasteiger partial charge in [0.2, 0.25) is 0 Å². The van der Waals surface area contributed by atoms with E-state index in [2.05, 4.69) is 53.2 Å². The summed E-state index contributed by atoms with van der Waals surface area (Å²) in [7, 11) is 6.28. The molecule has 0 aliphatic carbocycles. The maximum Gasteiger partial charge on any atom is 0.144 e. The first-order valence-corrected chi connectivity index (χ1v) is 6.50. The van der Waals surface area contributed by atoms with E-state index in [1.807, 2.05) is 12.4 Å². The fourth-order valence-electron chi connectivity index (χ4n) is 1.51. The topological polar surface area (TPSA) is 44.3 Å². The van der Waals surface area contributed by atoms with Crippen LogP contribution in [0.2, 0.25) is 0 Å². The van der Waals surface area contributed by atoms with Crippen LogP contribution < -0.4 is 5.32 Å². The molecule has 0 radical (unpaired) electrons. The number of hydrogen-bond acceptors (Lipinski definition) is 5. The quantitative estimate of drug-likeness (QED) is 0.754. The fourth-order valence-corrected chi connectivity index (χ4v) is 1.51. The molecule has 5 nitrogen and oxygen atoms in total. The number of likely N-dealkylation sites (N-methyl/N-ethyl adjacent to an activating group) is 2. The molecule has 0 aromatic carbocycles. The van der Waals surface area contributed by atoms with Crippen LogP contribution in [-0.2, 0) is 6.54 Å². The third-order valence-corrected chi connectivity index (χ3v) is 2.62. The second kappa shape index (κ2) is 8.00. The lowest BCUT2D eigenvalue weighted by molar-refractivity contribution is 0.274. The van der Waals surface area contributed by atoms with Crippen molar-refractivity contribution in [3.63, 3.8) is 0 Å². The molecule has 0 fully saturated rings. The molecule has 1 heterocycles. The molecule has 102 valence electrons. The lowest BCUT2D eigenvalue weighted by atomic mass is 10.4. The van der Waals surface area contributed by atoms with E-state index in [9.17, 15) is 0 Å². The van der Waals surface area contributed by atoms with Gasteiger partial charge in [0.05, 0.1) is 18.1 Å². The second-order valence-corrected chi connectivity index (χ2v) is 4.86. The largest absolute Gasteiger partial charge is 0.369 e. The van der Waals surface area contributed by atoms with Gasteiger partial charge in [0.25, 0.3) is 0 Å². The molecule has 0 bridgehead atoms. The molecule has 0 spiro atoms.